The molecule has 0 aliphatic carbocycles. The van der Waals surface area contributed by atoms with Gasteiger partial charge in [-0.05, 0) is 23.9 Å². The zero-order valence-electron chi connectivity index (χ0n) is 9.11. The number of halogens is 1. The Kier molecular flexibility index (Phi) is 2.13. The van der Waals surface area contributed by atoms with Gasteiger partial charge < -0.3 is 9.47 Å². The van der Waals surface area contributed by atoms with Crippen LogP contribution in [0.5, 0.6) is 11.5 Å². The molecule has 2 bridgehead atoms. The predicted molar refractivity (Wildman–Crippen MR) is 61.9 cm³/mol. The summed E-state index contributed by atoms with van der Waals surface area (Å²) < 4.78 is 12.6. The van der Waals surface area contributed by atoms with Crippen molar-refractivity contribution < 1.29 is 9.47 Å². The zero-order valence-corrected chi connectivity index (χ0v) is 9.86. The van der Waals surface area contributed by atoms with Crippen molar-refractivity contribution in [1.29, 1.82) is 0 Å². The Bertz CT molecular complexity index is 431. The number of hydrogen-bond acceptors (Lipinski definition) is 3. The number of ether oxygens (including phenoxy) is 2. The maximum atomic E-state index is 6.26. The van der Waals surface area contributed by atoms with Crippen LogP contribution in [0.1, 0.15) is 23.2 Å². The van der Waals surface area contributed by atoms with Crippen LogP contribution in [0.25, 0.3) is 0 Å². The molecule has 0 spiro atoms. The van der Waals surface area contributed by atoms with Crippen LogP contribution in [0.2, 0.25) is 0 Å². The molecule has 2 aliphatic heterocycles. The Balaban J connectivity index is 2.24. The molecule has 2 aliphatic rings. The summed E-state index contributed by atoms with van der Waals surface area (Å²) in [6.07, 6.45) is 4.20. The van der Waals surface area contributed by atoms with E-state index in [2.05, 4.69) is 12.2 Å². The molecule has 2 heterocycles. The lowest BCUT2D eigenvalue weighted by Crippen LogP contribution is -2.06. The van der Waals surface area contributed by atoms with Gasteiger partial charge in [0.2, 0.25) is 0 Å². The Morgan fingerprint density at radius 2 is 1.44 bits per heavy atom. The monoisotopic (exact) mass is 237 g/mol. The third-order valence-corrected chi connectivity index (χ3v) is 3.67. The molecule has 0 radical (unpaired) electrons. The molecule has 0 N–H and O–H groups in total. The minimum absolute atomic E-state index is 0.103. The number of fused-ring (bicyclic) bond motifs is 5. The maximum Gasteiger partial charge on any atom is 0.124 e. The lowest BCUT2D eigenvalue weighted by molar-refractivity contribution is 0.389. The van der Waals surface area contributed by atoms with Crippen LogP contribution >= 0.6 is 11.8 Å². The fourth-order valence-electron chi connectivity index (χ4n) is 2.55. The summed E-state index contributed by atoms with van der Waals surface area (Å²) in [5.41, 5.74) is 2.26. The predicted octanol–water partition coefficient (Wildman–Crippen LogP) is 2.83. The quantitative estimate of drug-likeness (QED) is 0.583. The van der Waals surface area contributed by atoms with Crippen molar-refractivity contribution in [2.75, 3.05) is 14.2 Å². The van der Waals surface area contributed by atoms with Gasteiger partial charge in [-0.2, -0.15) is 4.42 Å². The lowest BCUT2D eigenvalue weighted by Gasteiger charge is -2.15. The Hall–Kier alpha value is -1.19. The molecule has 4 heteroatoms. The number of benzene rings is 1. The van der Waals surface area contributed by atoms with Crippen molar-refractivity contribution in [2.24, 2.45) is 0 Å². The topological polar surface area (TPSA) is 21.7 Å². The number of rotatable bonds is 2. The molecule has 0 amide bonds. The smallest absolute Gasteiger partial charge is 0.124 e. The van der Waals surface area contributed by atoms with Crippen molar-refractivity contribution in [3.8, 4) is 11.5 Å². The van der Waals surface area contributed by atoms with E-state index in [4.69, 9.17) is 21.3 Å². The second-order valence-corrected chi connectivity index (χ2v) is 4.31. The first kappa shape index (κ1) is 10.00. The highest BCUT2D eigenvalue weighted by Crippen LogP contribution is 2.55. The van der Waals surface area contributed by atoms with Gasteiger partial charge in [-0.15, -0.1) is 0 Å². The minimum Gasteiger partial charge on any atom is -0.496 e. The number of hydrogen-bond donors (Lipinski definition) is 0. The number of methoxy groups -OCH3 is 2. The first-order valence-electron chi connectivity index (χ1n) is 5.15. The first-order chi connectivity index (χ1) is 7.77. The van der Waals surface area contributed by atoms with Crippen LogP contribution in [0.3, 0.4) is 0 Å². The maximum absolute atomic E-state index is 6.26. The Morgan fingerprint density at radius 3 is 1.81 bits per heavy atom. The summed E-state index contributed by atoms with van der Waals surface area (Å²) >= 11 is 6.26. The Labute approximate surface area is 99.3 Å². The van der Waals surface area contributed by atoms with Gasteiger partial charge in [-0.1, -0.05) is 12.2 Å². The molecule has 2 unspecified atom stereocenters. The largest absolute Gasteiger partial charge is 0.496 e. The van der Waals surface area contributed by atoms with E-state index in [-0.39, 0.29) is 12.1 Å². The zero-order chi connectivity index (χ0) is 11.3. The van der Waals surface area contributed by atoms with Crippen molar-refractivity contribution in [3.05, 3.63) is 35.4 Å². The van der Waals surface area contributed by atoms with Gasteiger partial charge >= 0.3 is 0 Å². The fourth-order valence-corrected chi connectivity index (χ4v) is 2.87. The van der Waals surface area contributed by atoms with Crippen molar-refractivity contribution >= 4 is 11.8 Å². The van der Waals surface area contributed by atoms with Crippen LogP contribution < -0.4 is 9.47 Å². The van der Waals surface area contributed by atoms with E-state index >= 15 is 0 Å². The lowest BCUT2D eigenvalue weighted by atomic mass is 9.95. The molecule has 16 heavy (non-hydrogen) atoms. The normalized spacial score (nSPS) is 25.9. The number of nitrogens with zero attached hydrogens (tertiary/aromatic N) is 1. The molecular formula is C12H12ClNO2. The molecule has 0 saturated heterocycles. The van der Waals surface area contributed by atoms with Crippen molar-refractivity contribution in [2.45, 2.75) is 12.1 Å². The fraction of sp³-hybridized carbons (Fsp3) is 0.333. The highest BCUT2D eigenvalue weighted by molar-refractivity contribution is 6.14. The molecule has 1 aromatic carbocycles. The van der Waals surface area contributed by atoms with Crippen molar-refractivity contribution in [1.82, 2.24) is 4.42 Å². The van der Waals surface area contributed by atoms with Gasteiger partial charge in [0.25, 0.3) is 0 Å². The molecule has 1 aromatic rings. The van der Waals surface area contributed by atoms with E-state index in [0.29, 0.717) is 0 Å². The van der Waals surface area contributed by atoms with Crippen LogP contribution in [0, 0.1) is 0 Å². The van der Waals surface area contributed by atoms with E-state index in [9.17, 15) is 0 Å². The Morgan fingerprint density at radius 1 is 1.00 bits per heavy atom. The van der Waals surface area contributed by atoms with Gasteiger partial charge in [0.1, 0.15) is 11.5 Å². The molecule has 0 aromatic heterocycles. The van der Waals surface area contributed by atoms with Gasteiger partial charge in [0.05, 0.1) is 26.3 Å². The molecule has 0 saturated carbocycles. The van der Waals surface area contributed by atoms with E-state index in [1.165, 1.54) is 0 Å². The minimum atomic E-state index is 0.103. The second-order valence-electron chi connectivity index (χ2n) is 3.92. The first-order valence-corrected chi connectivity index (χ1v) is 5.49. The molecular weight excluding hydrogens is 226 g/mol. The molecule has 0 fully saturated rings. The van der Waals surface area contributed by atoms with Gasteiger partial charge in [0.15, 0.2) is 0 Å². The second kappa shape index (κ2) is 3.40. The summed E-state index contributed by atoms with van der Waals surface area (Å²) in [5.74, 6) is 1.75. The molecule has 3 nitrogen and oxygen atoms in total. The summed E-state index contributed by atoms with van der Waals surface area (Å²) in [6, 6.07) is 4.06. The third kappa shape index (κ3) is 1.07. The average molecular weight is 238 g/mol. The SMILES string of the molecule is COc1ccc(OC)c2c1C1C=CC2N1Cl. The van der Waals surface area contributed by atoms with Gasteiger partial charge in [-0.25, -0.2) is 0 Å². The summed E-state index contributed by atoms with van der Waals surface area (Å²) in [4.78, 5) is 0. The standard InChI is InChI=1S/C12H12ClNO2/c1-15-9-5-6-10(16-2)12-8-4-3-7(11(9)12)14(8)13/h3-8H,1-2H3. The summed E-state index contributed by atoms with van der Waals surface area (Å²) in [7, 11) is 3.35. The van der Waals surface area contributed by atoms with Crippen LogP contribution in [-0.2, 0) is 0 Å². The van der Waals surface area contributed by atoms with E-state index in [1.807, 2.05) is 12.1 Å². The van der Waals surface area contributed by atoms with E-state index in [1.54, 1.807) is 18.6 Å². The molecule has 2 atom stereocenters. The molecule has 3 rings (SSSR count). The summed E-state index contributed by atoms with van der Waals surface area (Å²) in [6.45, 7) is 0. The average Bonchev–Trinajstić information content (AvgIpc) is 2.82. The van der Waals surface area contributed by atoms with Crippen LogP contribution in [0.15, 0.2) is 24.3 Å². The van der Waals surface area contributed by atoms with Crippen LogP contribution in [-0.4, -0.2) is 18.6 Å². The highest BCUT2D eigenvalue weighted by atomic mass is 35.5. The highest BCUT2D eigenvalue weighted by Gasteiger charge is 2.43. The van der Waals surface area contributed by atoms with Crippen molar-refractivity contribution in [3.63, 3.8) is 0 Å². The molecule has 84 valence electrons. The summed E-state index contributed by atoms with van der Waals surface area (Å²) in [5, 5.41) is 0. The van der Waals surface area contributed by atoms with E-state index in [0.717, 1.165) is 22.6 Å². The third-order valence-electron chi connectivity index (χ3n) is 3.25. The van der Waals surface area contributed by atoms with Crippen LogP contribution in [0.4, 0.5) is 0 Å². The van der Waals surface area contributed by atoms with Gasteiger partial charge in [-0.3, -0.25) is 0 Å². The van der Waals surface area contributed by atoms with E-state index < -0.39 is 0 Å². The van der Waals surface area contributed by atoms with Gasteiger partial charge in [0, 0.05) is 11.1 Å².